The monoisotopic (exact) mass is 478 g/mol. The number of esters is 1. The fourth-order valence-corrected chi connectivity index (χ4v) is 3.71. The predicted octanol–water partition coefficient (Wildman–Crippen LogP) is 4.25. The smallest absolute Gasteiger partial charge is 0.311 e. The molecule has 1 fully saturated rings. The van der Waals surface area contributed by atoms with Gasteiger partial charge in [-0.25, -0.2) is 0 Å². The second-order valence-electron chi connectivity index (χ2n) is 6.94. The number of carbonyl (C=O) groups is 3. The van der Waals surface area contributed by atoms with Crippen molar-refractivity contribution in [3.63, 3.8) is 0 Å². The molecule has 152 valence electrons. The Morgan fingerprint density at radius 1 is 1.24 bits per heavy atom. The molecule has 1 heterocycles. The quantitative estimate of drug-likeness (QED) is 0.651. The van der Waals surface area contributed by atoms with Crippen LogP contribution in [0.3, 0.4) is 0 Å². The van der Waals surface area contributed by atoms with Crippen molar-refractivity contribution in [3.8, 4) is 0 Å². The summed E-state index contributed by atoms with van der Waals surface area (Å²) in [7, 11) is 0. The third-order valence-corrected chi connectivity index (χ3v) is 6.24. The molecule has 6 nitrogen and oxygen atoms in total. The lowest BCUT2D eigenvalue weighted by Gasteiger charge is -2.17. The number of amides is 2. The van der Waals surface area contributed by atoms with Crippen molar-refractivity contribution in [2.45, 2.75) is 20.3 Å². The minimum Gasteiger partial charge on any atom is -0.455 e. The molecular formula is C21H20BrClN2O4. The first-order valence-corrected chi connectivity index (χ1v) is 10.2. The molecule has 2 aromatic rings. The fraction of sp³-hybridized carbons (Fsp3) is 0.286. The van der Waals surface area contributed by atoms with E-state index in [4.69, 9.17) is 16.3 Å². The van der Waals surface area contributed by atoms with Crippen molar-refractivity contribution in [1.29, 1.82) is 0 Å². The Morgan fingerprint density at radius 3 is 2.55 bits per heavy atom. The van der Waals surface area contributed by atoms with Crippen molar-refractivity contribution in [1.82, 2.24) is 0 Å². The van der Waals surface area contributed by atoms with Crippen molar-refractivity contribution < 1.29 is 19.1 Å². The van der Waals surface area contributed by atoms with Gasteiger partial charge in [-0.15, -0.1) is 0 Å². The number of carbonyl (C=O) groups excluding carboxylic acids is 3. The van der Waals surface area contributed by atoms with Gasteiger partial charge < -0.3 is 15.0 Å². The molecule has 1 saturated heterocycles. The van der Waals surface area contributed by atoms with Crippen molar-refractivity contribution in [3.05, 3.63) is 57.0 Å². The van der Waals surface area contributed by atoms with Crippen molar-refractivity contribution in [2.24, 2.45) is 5.92 Å². The summed E-state index contributed by atoms with van der Waals surface area (Å²) in [5.41, 5.74) is 3.17. The van der Waals surface area contributed by atoms with E-state index in [2.05, 4.69) is 21.2 Å². The van der Waals surface area contributed by atoms with E-state index in [-0.39, 0.29) is 18.9 Å². The van der Waals surface area contributed by atoms with Gasteiger partial charge in [0.2, 0.25) is 5.91 Å². The van der Waals surface area contributed by atoms with Gasteiger partial charge in [0.15, 0.2) is 6.61 Å². The second-order valence-corrected chi connectivity index (χ2v) is 8.14. The van der Waals surface area contributed by atoms with Crippen LogP contribution in [0, 0.1) is 19.8 Å². The largest absolute Gasteiger partial charge is 0.455 e. The number of halogens is 2. The Kier molecular flexibility index (Phi) is 6.59. The number of aryl methyl sites for hydroxylation is 2. The van der Waals surface area contributed by atoms with Gasteiger partial charge in [0.05, 0.1) is 16.6 Å². The first-order valence-electron chi connectivity index (χ1n) is 9.04. The molecule has 1 N–H and O–H groups in total. The number of hydrogen-bond acceptors (Lipinski definition) is 4. The first-order chi connectivity index (χ1) is 13.8. The normalized spacial score (nSPS) is 16.1. The molecule has 3 rings (SSSR count). The van der Waals surface area contributed by atoms with Gasteiger partial charge >= 0.3 is 5.97 Å². The van der Waals surface area contributed by atoms with E-state index in [1.807, 2.05) is 26.0 Å². The predicted molar refractivity (Wildman–Crippen MR) is 115 cm³/mol. The minimum absolute atomic E-state index is 0.0246. The van der Waals surface area contributed by atoms with E-state index in [1.165, 1.54) is 4.90 Å². The summed E-state index contributed by atoms with van der Waals surface area (Å²) in [6.45, 7) is 3.61. The molecule has 1 atom stereocenters. The summed E-state index contributed by atoms with van der Waals surface area (Å²) >= 11 is 9.62. The molecule has 2 amide bonds. The molecule has 8 heteroatoms. The van der Waals surface area contributed by atoms with Crippen LogP contribution in [0.1, 0.15) is 17.5 Å². The van der Waals surface area contributed by atoms with E-state index in [0.29, 0.717) is 16.4 Å². The zero-order valence-electron chi connectivity index (χ0n) is 16.0. The number of benzene rings is 2. The van der Waals surface area contributed by atoms with Crippen LogP contribution in [0.2, 0.25) is 5.02 Å². The van der Waals surface area contributed by atoms with E-state index in [1.54, 1.807) is 24.3 Å². The SMILES string of the molecule is Cc1cc(NC(=O)COC(=O)[C@@H]2CC(=O)N(c3ccccc3Cl)C2)cc(C)c1Br. The van der Waals surface area contributed by atoms with Crippen LogP contribution in [0.4, 0.5) is 11.4 Å². The Balaban J connectivity index is 1.55. The highest BCUT2D eigenvalue weighted by Crippen LogP contribution is 2.31. The van der Waals surface area contributed by atoms with Crippen LogP contribution in [-0.4, -0.2) is 30.9 Å². The van der Waals surface area contributed by atoms with Crippen molar-refractivity contribution in [2.75, 3.05) is 23.4 Å². The molecule has 29 heavy (non-hydrogen) atoms. The van der Waals surface area contributed by atoms with Gasteiger partial charge in [0.25, 0.3) is 5.91 Å². The Bertz CT molecular complexity index is 956. The summed E-state index contributed by atoms with van der Waals surface area (Å²) in [6, 6.07) is 10.6. The standard InChI is InChI=1S/C21H20BrClN2O4/c1-12-7-15(8-13(2)20(12)22)24-18(26)11-29-21(28)14-9-19(27)25(10-14)17-6-4-3-5-16(17)23/h3-8,14H,9-11H2,1-2H3,(H,24,26)/t14-/m1/s1. The van der Waals surface area contributed by atoms with E-state index < -0.39 is 24.4 Å². The van der Waals surface area contributed by atoms with Gasteiger partial charge in [-0.3, -0.25) is 14.4 Å². The third-order valence-electron chi connectivity index (χ3n) is 4.67. The van der Waals surface area contributed by atoms with E-state index in [0.717, 1.165) is 15.6 Å². The molecule has 1 aliphatic rings. The average molecular weight is 480 g/mol. The number of ether oxygens (including phenoxy) is 1. The lowest BCUT2D eigenvalue weighted by atomic mass is 10.1. The number of rotatable bonds is 5. The maximum Gasteiger partial charge on any atom is 0.311 e. The van der Waals surface area contributed by atoms with Crippen LogP contribution in [-0.2, 0) is 19.1 Å². The number of nitrogens with one attached hydrogen (secondary N) is 1. The van der Waals surface area contributed by atoms with Crippen molar-refractivity contribution >= 4 is 56.7 Å². The zero-order chi connectivity index (χ0) is 21.1. The van der Waals surface area contributed by atoms with Crippen LogP contribution in [0.25, 0.3) is 0 Å². The van der Waals surface area contributed by atoms with Gasteiger partial charge in [-0.1, -0.05) is 39.7 Å². The van der Waals surface area contributed by atoms with Gasteiger partial charge in [0, 0.05) is 23.1 Å². The van der Waals surface area contributed by atoms with Gasteiger partial charge in [-0.2, -0.15) is 0 Å². The fourth-order valence-electron chi connectivity index (χ4n) is 3.24. The van der Waals surface area contributed by atoms with Crippen LogP contribution in [0.5, 0.6) is 0 Å². The van der Waals surface area contributed by atoms with Crippen LogP contribution < -0.4 is 10.2 Å². The molecule has 0 aromatic heterocycles. The Hall–Kier alpha value is -2.38. The second kappa shape index (κ2) is 8.97. The number of hydrogen-bond donors (Lipinski definition) is 1. The maximum atomic E-state index is 12.3. The Morgan fingerprint density at radius 2 is 1.90 bits per heavy atom. The molecule has 0 radical (unpaired) electrons. The molecule has 0 saturated carbocycles. The molecule has 0 spiro atoms. The van der Waals surface area contributed by atoms with Gasteiger partial charge in [-0.05, 0) is 49.2 Å². The minimum atomic E-state index is -0.635. The summed E-state index contributed by atoms with van der Waals surface area (Å²) in [5, 5.41) is 3.16. The molecule has 0 aliphatic carbocycles. The highest BCUT2D eigenvalue weighted by atomic mass is 79.9. The lowest BCUT2D eigenvalue weighted by Crippen LogP contribution is -2.28. The summed E-state index contributed by atoms with van der Waals surface area (Å²) in [5.74, 6) is -1.85. The summed E-state index contributed by atoms with van der Waals surface area (Å²) < 4.78 is 6.12. The number of para-hydroxylation sites is 1. The first kappa shape index (κ1) is 21.3. The van der Waals surface area contributed by atoms with Gasteiger partial charge in [0.1, 0.15) is 0 Å². The number of nitrogens with zero attached hydrogens (tertiary/aromatic N) is 1. The summed E-state index contributed by atoms with van der Waals surface area (Å²) in [4.78, 5) is 38.2. The van der Waals surface area contributed by atoms with E-state index in [9.17, 15) is 14.4 Å². The molecule has 1 aliphatic heterocycles. The molecule has 2 aromatic carbocycles. The number of anilines is 2. The average Bonchev–Trinajstić information content (AvgIpc) is 3.06. The highest BCUT2D eigenvalue weighted by Gasteiger charge is 2.37. The molecular weight excluding hydrogens is 460 g/mol. The zero-order valence-corrected chi connectivity index (χ0v) is 18.3. The lowest BCUT2D eigenvalue weighted by molar-refractivity contribution is -0.151. The highest BCUT2D eigenvalue weighted by molar-refractivity contribution is 9.10. The maximum absolute atomic E-state index is 12.3. The summed E-state index contributed by atoms with van der Waals surface area (Å²) in [6.07, 6.45) is 0.0246. The Labute approximate surface area is 182 Å². The topological polar surface area (TPSA) is 75.7 Å². The third kappa shape index (κ3) is 4.97. The molecule has 0 bridgehead atoms. The van der Waals surface area contributed by atoms with Crippen LogP contribution >= 0.6 is 27.5 Å². The van der Waals surface area contributed by atoms with E-state index >= 15 is 0 Å². The molecule has 0 unspecified atom stereocenters. The van der Waals surface area contributed by atoms with Crippen LogP contribution in [0.15, 0.2) is 40.9 Å².